The van der Waals surface area contributed by atoms with Crippen molar-refractivity contribution in [3.8, 4) is 0 Å². The minimum Gasteiger partial charge on any atom is -0.381 e. The molecular formula is C19H36IN3O3S. The number of rotatable bonds is 4. The van der Waals surface area contributed by atoms with E-state index in [1.807, 2.05) is 0 Å². The van der Waals surface area contributed by atoms with Crippen molar-refractivity contribution in [2.75, 3.05) is 50.9 Å². The fraction of sp³-hybridized carbons (Fsp3) is 0.947. The SMILES string of the molecule is CC1CN(C(=NCC2CCS(=O)(=O)C2)NCC2CCOC2)CC(C)(C)C1.I. The number of sulfone groups is 1. The minimum absolute atomic E-state index is 0. The number of ether oxygens (including phenoxy) is 1. The van der Waals surface area contributed by atoms with E-state index in [9.17, 15) is 8.42 Å². The van der Waals surface area contributed by atoms with E-state index in [-0.39, 0.29) is 35.3 Å². The fourth-order valence-corrected chi connectivity index (χ4v) is 6.52. The van der Waals surface area contributed by atoms with Gasteiger partial charge in [0, 0.05) is 38.7 Å². The lowest BCUT2D eigenvalue weighted by Gasteiger charge is -2.43. The molecule has 3 rings (SSSR count). The van der Waals surface area contributed by atoms with Crippen molar-refractivity contribution < 1.29 is 13.2 Å². The molecule has 3 unspecified atom stereocenters. The van der Waals surface area contributed by atoms with Crippen LogP contribution in [0.25, 0.3) is 0 Å². The Hall–Kier alpha value is -0.0900. The van der Waals surface area contributed by atoms with E-state index < -0.39 is 9.84 Å². The van der Waals surface area contributed by atoms with Gasteiger partial charge in [-0.3, -0.25) is 4.99 Å². The molecule has 0 aromatic rings. The highest BCUT2D eigenvalue weighted by molar-refractivity contribution is 14.0. The minimum atomic E-state index is -2.84. The number of guanidine groups is 1. The molecule has 0 bridgehead atoms. The van der Waals surface area contributed by atoms with E-state index in [1.165, 1.54) is 6.42 Å². The lowest BCUT2D eigenvalue weighted by Crippen LogP contribution is -2.52. The Balaban J connectivity index is 0.00000261. The van der Waals surface area contributed by atoms with Crippen LogP contribution >= 0.6 is 24.0 Å². The van der Waals surface area contributed by atoms with Crippen LogP contribution in [0, 0.1) is 23.2 Å². The smallest absolute Gasteiger partial charge is 0.193 e. The number of likely N-dealkylation sites (tertiary alicyclic amines) is 1. The summed E-state index contributed by atoms with van der Waals surface area (Å²) in [6, 6.07) is 0. The second-order valence-electron chi connectivity index (χ2n) is 9.40. The topological polar surface area (TPSA) is 71.0 Å². The van der Waals surface area contributed by atoms with E-state index in [1.54, 1.807) is 0 Å². The lowest BCUT2D eigenvalue weighted by molar-refractivity contribution is 0.129. The zero-order chi connectivity index (χ0) is 18.8. The lowest BCUT2D eigenvalue weighted by atomic mass is 9.79. The monoisotopic (exact) mass is 513 g/mol. The summed E-state index contributed by atoms with van der Waals surface area (Å²) in [5.74, 6) is 2.92. The molecular weight excluding hydrogens is 477 g/mol. The molecule has 0 radical (unpaired) electrons. The molecule has 8 heteroatoms. The number of halogens is 1. The van der Waals surface area contributed by atoms with Crippen LogP contribution in [0.5, 0.6) is 0 Å². The normalized spacial score (nSPS) is 32.9. The first-order chi connectivity index (χ1) is 12.2. The van der Waals surface area contributed by atoms with Gasteiger partial charge in [0.2, 0.25) is 0 Å². The van der Waals surface area contributed by atoms with E-state index in [2.05, 4.69) is 31.0 Å². The van der Waals surface area contributed by atoms with Gasteiger partial charge >= 0.3 is 0 Å². The molecule has 3 aliphatic heterocycles. The van der Waals surface area contributed by atoms with Crippen LogP contribution in [0.1, 0.15) is 40.0 Å². The predicted octanol–water partition coefficient (Wildman–Crippen LogP) is 2.39. The predicted molar refractivity (Wildman–Crippen MR) is 121 cm³/mol. The summed E-state index contributed by atoms with van der Waals surface area (Å²) in [5.41, 5.74) is 0.271. The second kappa shape index (κ2) is 9.61. The van der Waals surface area contributed by atoms with Crippen LogP contribution < -0.4 is 5.32 Å². The first-order valence-electron chi connectivity index (χ1n) is 10.0. The molecule has 0 saturated carbocycles. The van der Waals surface area contributed by atoms with Crippen LogP contribution in [0.4, 0.5) is 0 Å². The molecule has 0 amide bonds. The Bertz CT molecular complexity index is 618. The van der Waals surface area contributed by atoms with Gasteiger partial charge in [-0.2, -0.15) is 0 Å². The van der Waals surface area contributed by atoms with Gasteiger partial charge in [-0.25, -0.2) is 8.42 Å². The number of piperidine rings is 1. The largest absolute Gasteiger partial charge is 0.381 e. The fourth-order valence-electron chi connectivity index (χ4n) is 4.67. The van der Waals surface area contributed by atoms with Crippen LogP contribution in [0.2, 0.25) is 0 Å². The second-order valence-corrected chi connectivity index (χ2v) is 11.6. The Morgan fingerprint density at radius 1 is 1.30 bits per heavy atom. The van der Waals surface area contributed by atoms with Crippen molar-refractivity contribution >= 4 is 39.8 Å². The van der Waals surface area contributed by atoms with Crippen LogP contribution in [0.15, 0.2) is 4.99 Å². The third-order valence-corrected chi connectivity index (χ3v) is 7.59. The average Bonchev–Trinajstić information content (AvgIpc) is 3.14. The summed E-state index contributed by atoms with van der Waals surface area (Å²) < 4.78 is 28.9. The van der Waals surface area contributed by atoms with Gasteiger partial charge in [-0.05, 0) is 36.5 Å². The maximum absolute atomic E-state index is 11.7. The van der Waals surface area contributed by atoms with Crippen molar-refractivity contribution in [3.63, 3.8) is 0 Å². The summed E-state index contributed by atoms with van der Waals surface area (Å²) in [4.78, 5) is 7.26. The number of hydrogen-bond donors (Lipinski definition) is 1. The van der Waals surface area contributed by atoms with Crippen molar-refractivity contribution in [2.45, 2.75) is 40.0 Å². The highest BCUT2D eigenvalue weighted by Crippen LogP contribution is 2.32. The third kappa shape index (κ3) is 7.03. The van der Waals surface area contributed by atoms with E-state index >= 15 is 0 Å². The van der Waals surface area contributed by atoms with Crippen molar-refractivity contribution in [2.24, 2.45) is 28.2 Å². The molecule has 3 aliphatic rings. The van der Waals surface area contributed by atoms with Gasteiger partial charge in [0.1, 0.15) is 0 Å². The summed E-state index contributed by atoms with van der Waals surface area (Å²) >= 11 is 0. The van der Waals surface area contributed by atoms with Gasteiger partial charge in [-0.15, -0.1) is 24.0 Å². The number of nitrogens with one attached hydrogen (secondary N) is 1. The standard InChI is InChI=1S/C19H35N3O3S.HI/c1-15-8-19(2,3)14-22(11-15)18(20-9-16-4-6-25-12-16)21-10-17-5-7-26(23,24)13-17;/h15-17H,4-14H2,1-3H3,(H,20,21);1H. The van der Waals surface area contributed by atoms with Gasteiger partial charge in [0.25, 0.3) is 0 Å². The molecule has 0 aliphatic carbocycles. The Labute approximate surface area is 181 Å². The molecule has 3 saturated heterocycles. The van der Waals surface area contributed by atoms with Gasteiger partial charge < -0.3 is 15.0 Å². The molecule has 6 nitrogen and oxygen atoms in total. The van der Waals surface area contributed by atoms with Crippen molar-refractivity contribution in [1.29, 1.82) is 0 Å². The van der Waals surface area contributed by atoms with Crippen LogP contribution in [-0.2, 0) is 14.6 Å². The zero-order valence-electron chi connectivity index (χ0n) is 16.9. The first-order valence-corrected chi connectivity index (χ1v) is 11.9. The third-order valence-electron chi connectivity index (χ3n) is 5.75. The van der Waals surface area contributed by atoms with Crippen molar-refractivity contribution in [3.05, 3.63) is 0 Å². The molecule has 0 aromatic heterocycles. The summed E-state index contributed by atoms with van der Waals surface area (Å²) in [5, 5.41) is 3.58. The highest BCUT2D eigenvalue weighted by atomic mass is 127. The summed E-state index contributed by atoms with van der Waals surface area (Å²) in [6.07, 6.45) is 3.08. The van der Waals surface area contributed by atoms with Crippen LogP contribution in [0.3, 0.4) is 0 Å². The number of nitrogens with zero attached hydrogens (tertiary/aromatic N) is 2. The van der Waals surface area contributed by atoms with E-state index in [4.69, 9.17) is 9.73 Å². The molecule has 3 fully saturated rings. The average molecular weight is 513 g/mol. The molecule has 158 valence electrons. The first kappa shape index (κ1) is 23.2. The summed E-state index contributed by atoms with van der Waals surface area (Å²) in [6.45, 7) is 12.1. The maximum atomic E-state index is 11.7. The molecule has 0 aromatic carbocycles. The van der Waals surface area contributed by atoms with Gasteiger partial charge in [-0.1, -0.05) is 20.8 Å². The molecule has 3 heterocycles. The summed E-state index contributed by atoms with van der Waals surface area (Å²) in [7, 11) is -2.84. The van der Waals surface area contributed by atoms with Gasteiger partial charge in [0.05, 0.1) is 18.1 Å². The van der Waals surface area contributed by atoms with Gasteiger partial charge in [0.15, 0.2) is 15.8 Å². The van der Waals surface area contributed by atoms with E-state index in [0.717, 1.165) is 51.6 Å². The Morgan fingerprint density at radius 3 is 2.67 bits per heavy atom. The Kier molecular flexibility index (Phi) is 8.25. The van der Waals surface area contributed by atoms with Crippen molar-refractivity contribution in [1.82, 2.24) is 10.2 Å². The van der Waals surface area contributed by atoms with Crippen LogP contribution in [-0.4, -0.2) is 70.2 Å². The maximum Gasteiger partial charge on any atom is 0.193 e. The number of aliphatic imine (C=N–C) groups is 1. The quantitative estimate of drug-likeness (QED) is 0.355. The molecule has 27 heavy (non-hydrogen) atoms. The Morgan fingerprint density at radius 2 is 2.07 bits per heavy atom. The molecule has 3 atom stereocenters. The highest BCUT2D eigenvalue weighted by Gasteiger charge is 2.33. The molecule has 1 N–H and O–H groups in total. The molecule has 0 spiro atoms. The number of hydrogen-bond acceptors (Lipinski definition) is 4. The zero-order valence-corrected chi connectivity index (χ0v) is 20.1. The van der Waals surface area contributed by atoms with E-state index in [0.29, 0.717) is 29.9 Å².